The van der Waals surface area contributed by atoms with Gasteiger partial charge in [-0.3, -0.25) is 4.79 Å². The van der Waals surface area contributed by atoms with E-state index in [1.807, 2.05) is 51.1 Å². The number of benzene rings is 2. The first-order valence-electron chi connectivity index (χ1n) is 8.53. The molecule has 3 rings (SSSR count). The van der Waals surface area contributed by atoms with E-state index in [1.54, 1.807) is 12.1 Å². The van der Waals surface area contributed by atoms with Crippen molar-refractivity contribution in [1.29, 1.82) is 0 Å². The lowest BCUT2D eigenvalue weighted by Gasteiger charge is -2.08. The Labute approximate surface area is 152 Å². The van der Waals surface area contributed by atoms with Crippen LogP contribution >= 0.6 is 0 Å². The summed E-state index contributed by atoms with van der Waals surface area (Å²) in [6.07, 6.45) is 0. The van der Waals surface area contributed by atoms with Gasteiger partial charge in [-0.25, -0.2) is 4.79 Å². The molecule has 2 aromatic carbocycles. The molecular formula is C21H22N2O3. The summed E-state index contributed by atoms with van der Waals surface area (Å²) in [5.41, 5.74) is 5.73. The molecule has 0 bridgehead atoms. The number of rotatable bonds is 5. The molecule has 1 amide bonds. The maximum atomic E-state index is 12.2. The van der Waals surface area contributed by atoms with Crippen molar-refractivity contribution in [3.8, 4) is 0 Å². The Balaban J connectivity index is 1.57. The van der Waals surface area contributed by atoms with Crippen LogP contribution in [0.2, 0.25) is 0 Å². The third kappa shape index (κ3) is 3.77. The van der Waals surface area contributed by atoms with E-state index < -0.39 is 5.97 Å². The van der Waals surface area contributed by atoms with E-state index in [0.717, 1.165) is 33.3 Å². The minimum Gasteiger partial charge on any atom is -0.452 e. The molecule has 0 atom stereocenters. The fourth-order valence-corrected chi connectivity index (χ4v) is 2.86. The van der Waals surface area contributed by atoms with Gasteiger partial charge >= 0.3 is 5.97 Å². The summed E-state index contributed by atoms with van der Waals surface area (Å²) in [6.45, 7) is 6.10. The molecule has 3 aromatic rings. The summed E-state index contributed by atoms with van der Waals surface area (Å²) in [4.78, 5) is 27.4. The van der Waals surface area contributed by atoms with Crippen molar-refractivity contribution in [2.45, 2.75) is 27.3 Å². The number of aryl methyl sites for hydroxylation is 3. The van der Waals surface area contributed by atoms with E-state index in [2.05, 4.69) is 10.3 Å². The minimum atomic E-state index is -0.504. The van der Waals surface area contributed by atoms with Crippen LogP contribution in [-0.4, -0.2) is 23.5 Å². The summed E-state index contributed by atoms with van der Waals surface area (Å²) in [7, 11) is 0. The van der Waals surface area contributed by atoms with Gasteiger partial charge in [0.2, 0.25) is 0 Å². The highest BCUT2D eigenvalue weighted by Crippen LogP contribution is 2.22. The summed E-state index contributed by atoms with van der Waals surface area (Å²) in [5, 5.41) is 3.75. The molecule has 1 aromatic heterocycles. The number of fused-ring (bicyclic) bond motifs is 1. The lowest BCUT2D eigenvalue weighted by Crippen LogP contribution is -2.28. The standard InChI is InChI=1S/C21H22N2O3/c1-13-6-4-5-7-17(13)11-22-20(24)12-26-21(25)16-8-9-19-18(10-16)14(2)15(3)23-19/h4-10,23H,11-12H2,1-3H3,(H,22,24). The maximum absolute atomic E-state index is 12.2. The quantitative estimate of drug-likeness (QED) is 0.691. The molecule has 134 valence electrons. The van der Waals surface area contributed by atoms with Crippen LogP contribution in [-0.2, 0) is 16.1 Å². The van der Waals surface area contributed by atoms with Gasteiger partial charge in [-0.15, -0.1) is 0 Å². The lowest BCUT2D eigenvalue weighted by atomic mass is 10.1. The molecule has 26 heavy (non-hydrogen) atoms. The van der Waals surface area contributed by atoms with Crippen LogP contribution in [0.15, 0.2) is 42.5 Å². The first-order valence-corrected chi connectivity index (χ1v) is 8.53. The number of aromatic nitrogens is 1. The molecule has 0 fully saturated rings. The van der Waals surface area contributed by atoms with Crippen LogP contribution in [0.3, 0.4) is 0 Å². The molecule has 0 aliphatic carbocycles. The van der Waals surface area contributed by atoms with E-state index in [1.165, 1.54) is 0 Å². The molecule has 0 aliphatic heterocycles. The van der Waals surface area contributed by atoms with Crippen LogP contribution in [0.4, 0.5) is 0 Å². The van der Waals surface area contributed by atoms with Crippen molar-refractivity contribution in [1.82, 2.24) is 10.3 Å². The number of aromatic amines is 1. The smallest absolute Gasteiger partial charge is 0.338 e. The van der Waals surface area contributed by atoms with Crippen molar-refractivity contribution in [3.05, 3.63) is 70.4 Å². The van der Waals surface area contributed by atoms with Gasteiger partial charge in [-0.05, 0) is 55.7 Å². The Morgan fingerprint density at radius 2 is 1.85 bits per heavy atom. The maximum Gasteiger partial charge on any atom is 0.338 e. The number of H-pyrrole nitrogens is 1. The molecule has 2 N–H and O–H groups in total. The van der Waals surface area contributed by atoms with Gasteiger partial charge in [0.1, 0.15) is 0 Å². The summed E-state index contributed by atoms with van der Waals surface area (Å²) in [5.74, 6) is -0.826. The summed E-state index contributed by atoms with van der Waals surface area (Å²) in [6, 6.07) is 13.2. The minimum absolute atomic E-state index is 0.298. The Morgan fingerprint density at radius 3 is 2.62 bits per heavy atom. The largest absolute Gasteiger partial charge is 0.452 e. The molecule has 5 heteroatoms. The number of amides is 1. The van der Waals surface area contributed by atoms with Gasteiger partial charge in [0.25, 0.3) is 5.91 Å². The van der Waals surface area contributed by atoms with E-state index >= 15 is 0 Å². The Kier molecular flexibility index (Phi) is 5.07. The predicted molar refractivity (Wildman–Crippen MR) is 101 cm³/mol. The molecule has 0 saturated heterocycles. The van der Waals surface area contributed by atoms with Crippen LogP contribution in [0, 0.1) is 20.8 Å². The first-order chi connectivity index (χ1) is 12.5. The Hall–Kier alpha value is -3.08. The average Bonchev–Trinajstić information content (AvgIpc) is 2.92. The average molecular weight is 350 g/mol. The Bertz CT molecular complexity index is 973. The topological polar surface area (TPSA) is 71.2 Å². The van der Waals surface area contributed by atoms with Crippen molar-refractivity contribution < 1.29 is 14.3 Å². The third-order valence-corrected chi connectivity index (χ3v) is 4.62. The molecule has 0 unspecified atom stereocenters. The zero-order valence-corrected chi connectivity index (χ0v) is 15.2. The number of ether oxygens (including phenoxy) is 1. The van der Waals surface area contributed by atoms with Gasteiger partial charge in [-0.2, -0.15) is 0 Å². The van der Waals surface area contributed by atoms with Gasteiger partial charge in [0.05, 0.1) is 5.56 Å². The van der Waals surface area contributed by atoms with Crippen molar-refractivity contribution >= 4 is 22.8 Å². The second-order valence-electron chi connectivity index (χ2n) is 6.41. The fraction of sp³-hybridized carbons (Fsp3) is 0.238. The molecule has 1 heterocycles. The zero-order valence-electron chi connectivity index (χ0n) is 15.2. The van der Waals surface area contributed by atoms with E-state index in [0.29, 0.717) is 12.1 Å². The van der Waals surface area contributed by atoms with E-state index in [4.69, 9.17) is 4.74 Å². The van der Waals surface area contributed by atoms with Crippen LogP contribution < -0.4 is 5.32 Å². The number of hydrogen-bond acceptors (Lipinski definition) is 3. The number of carbonyl (C=O) groups is 2. The van der Waals surface area contributed by atoms with Gasteiger partial charge in [0, 0.05) is 23.1 Å². The van der Waals surface area contributed by atoms with Gasteiger partial charge < -0.3 is 15.0 Å². The monoisotopic (exact) mass is 350 g/mol. The third-order valence-electron chi connectivity index (χ3n) is 4.62. The number of carbonyl (C=O) groups excluding carboxylic acids is 2. The highest BCUT2D eigenvalue weighted by atomic mass is 16.5. The van der Waals surface area contributed by atoms with Crippen LogP contribution in [0.1, 0.15) is 32.7 Å². The normalized spacial score (nSPS) is 10.7. The van der Waals surface area contributed by atoms with Gasteiger partial charge in [0.15, 0.2) is 6.61 Å². The first kappa shape index (κ1) is 17.7. The Morgan fingerprint density at radius 1 is 1.08 bits per heavy atom. The molecule has 0 radical (unpaired) electrons. The van der Waals surface area contributed by atoms with Crippen molar-refractivity contribution in [3.63, 3.8) is 0 Å². The second-order valence-corrected chi connectivity index (χ2v) is 6.41. The second kappa shape index (κ2) is 7.44. The molecule has 0 spiro atoms. The van der Waals surface area contributed by atoms with Crippen LogP contribution in [0.5, 0.6) is 0 Å². The van der Waals surface area contributed by atoms with E-state index in [-0.39, 0.29) is 12.5 Å². The molecule has 0 aliphatic rings. The molecular weight excluding hydrogens is 328 g/mol. The number of hydrogen-bond donors (Lipinski definition) is 2. The molecule has 0 saturated carbocycles. The summed E-state index contributed by atoms with van der Waals surface area (Å²) < 4.78 is 5.14. The van der Waals surface area contributed by atoms with Crippen LogP contribution in [0.25, 0.3) is 10.9 Å². The number of esters is 1. The van der Waals surface area contributed by atoms with Gasteiger partial charge in [-0.1, -0.05) is 24.3 Å². The molecule has 5 nitrogen and oxygen atoms in total. The highest BCUT2D eigenvalue weighted by Gasteiger charge is 2.13. The zero-order chi connectivity index (χ0) is 18.7. The predicted octanol–water partition coefficient (Wildman–Crippen LogP) is 3.57. The SMILES string of the molecule is Cc1ccccc1CNC(=O)COC(=O)c1ccc2[nH]c(C)c(C)c2c1. The highest BCUT2D eigenvalue weighted by molar-refractivity contribution is 5.96. The van der Waals surface area contributed by atoms with E-state index in [9.17, 15) is 9.59 Å². The summed E-state index contributed by atoms with van der Waals surface area (Å²) >= 11 is 0. The fourth-order valence-electron chi connectivity index (χ4n) is 2.86. The lowest BCUT2D eigenvalue weighted by molar-refractivity contribution is -0.124. The van der Waals surface area contributed by atoms with Crippen molar-refractivity contribution in [2.24, 2.45) is 0 Å². The van der Waals surface area contributed by atoms with Crippen molar-refractivity contribution in [2.75, 3.05) is 6.61 Å². The number of nitrogens with one attached hydrogen (secondary N) is 2.